The zero-order valence-electron chi connectivity index (χ0n) is 9.97. The molecule has 0 amide bonds. The Morgan fingerprint density at radius 1 is 1.05 bits per heavy atom. The molecule has 0 aromatic rings. The minimum Gasteiger partial charge on any atom is -0.302 e. The molecule has 1 aliphatic carbocycles. The maximum absolute atomic E-state index is 11.6. The third-order valence-corrected chi connectivity index (χ3v) is 6.27. The number of fused-ring (bicyclic) bond motifs is 1. The molecule has 112 valence electrons. The first-order valence-corrected chi connectivity index (χ1v) is 9.23. The highest BCUT2D eigenvalue weighted by Gasteiger charge is 2.41. The molecular formula is C7H17N2O7P3. The minimum absolute atomic E-state index is 0.165. The molecule has 1 heterocycles. The average molecular weight is 334 g/mol. The Morgan fingerprint density at radius 3 is 2.05 bits per heavy atom. The Morgan fingerprint density at radius 2 is 1.58 bits per heavy atom. The first-order valence-electron chi connectivity index (χ1n) is 5.77. The fraction of sp³-hybridized carbons (Fsp3) is 1.00. The highest BCUT2D eigenvalue weighted by atomic mass is 31.3. The molecule has 0 spiro atoms. The van der Waals surface area contributed by atoms with Crippen molar-refractivity contribution in [3.63, 3.8) is 0 Å². The van der Waals surface area contributed by atoms with Gasteiger partial charge in [-0.2, -0.15) is 4.31 Å². The maximum Gasteiger partial charge on any atom is 0.483 e. The predicted octanol–water partition coefficient (Wildman–Crippen LogP) is 0.815. The molecule has 1 aliphatic heterocycles. The smallest absolute Gasteiger partial charge is 0.302 e. The number of nitrogens with one attached hydrogen (secondary N) is 2. The van der Waals surface area contributed by atoms with Crippen LogP contribution in [0.3, 0.4) is 0 Å². The van der Waals surface area contributed by atoms with E-state index < -0.39 is 22.0 Å². The van der Waals surface area contributed by atoms with Crippen molar-refractivity contribution in [1.29, 1.82) is 0 Å². The second kappa shape index (κ2) is 6.16. The molecule has 0 bridgehead atoms. The standard InChI is InChI=1S/C7H17N2O7P3/c10-18(11,16-19(12,13)15-17)14-7-8-5-3-1-2-4-6(5)9-7/h5-9H,1-4,17H2,(H,10,11)(H,12,13)/t5-,6-/m1/s1. The predicted molar refractivity (Wildman–Crippen MR) is 68.7 cm³/mol. The number of hydrogen-bond acceptors (Lipinski definition) is 7. The van der Waals surface area contributed by atoms with Crippen molar-refractivity contribution in [2.45, 2.75) is 44.1 Å². The number of phosphoric acid groups is 2. The molecule has 19 heavy (non-hydrogen) atoms. The van der Waals surface area contributed by atoms with E-state index in [0.717, 1.165) is 25.7 Å². The van der Waals surface area contributed by atoms with Gasteiger partial charge in [-0.25, -0.2) is 9.13 Å². The van der Waals surface area contributed by atoms with Gasteiger partial charge in [0.1, 0.15) is 0 Å². The lowest BCUT2D eigenvalue weighted by Crippen LogP contribution is -2.36. The van der Waals surface area contributed by atoms with Crippen LogP contribution in [0.1, 0.15) is 25.7 Å². The van der Waals surface area contributed by atoms with Gasteiger partial charge >= 0.3 is 15.6 Å². The monoisotopic (exact) mass is 334 g/mol. The normalized spacial score (nSPS) is 34.5. The Balaban J connectivity index is 1.90. The molecule has 2 aliphatic rings. The van der Waals surface area contributed by atoms with Crippen molar-refractivity contribution >= 4 is 25.1 Å². The lowest BCUT2D eigenvalue weighted by atomic mass is 9.92. The summed E-state index contributed by atoms with van der Waals surface area (Å²) < 4.78 is 35.4. The summed E-state index contributed by atoms with van der Waals surface area (Å²) in [6.07, 6.45) is 3.17. The van der Waals surface area contributed by atoms with Gasteiger partial charge < -0.3 is 9.79 Å². The van der Waals surface area contributed by atoms with Gasteiger partial charge in [-0.05, 0) is 12.8 Å². The van der Waals surface area contributed by atoms with E-state index in [9.17, 15) is 14.0 Å². The van der Waals surface area contributed by atoms with Crippen molar-refractivity contribution in [3.8, 4) is 0 Å². The highest BCUT2D eigenvalue weighted by molar-refractivity contribution is 7.63. The van der Waals surface area contributed by atoms with Gasteiger partial charge in [0.15, 0.2) is 6.35 Å². The fourth-order valence-electron chi connectivity index (χ4n) is 2.33. The molecule has 3 unspecified atom stereocenters. The number of rotatable bonds is 5. The summed E-state index contributed by atoms with van der Waals surface area (Å²) in [5, 5.41) is 5.98. The van der Waals surface area contributed by atoms with Crippen LogP contribution in [0.15, 0.2) is 0 Å². The Kier molecular flexibility index (Phi) is 5.18. The van der Waals surface area contributed by atoms with Crippen LogP contribution < -0.4 is 10.6 Å². The second-order valence-electron chi connectivity index (χ2n) is 4.44. The van der Waals surface area contributed by atoms with Gasteiger partial charge in [-0.1, -0.05) is 12.8 Å². The van der Waals surface area contributed by atoms with Crippen molar-refractivity contribution in [2.24, 2.45) is 0 Å². The van der Waals surface area contributed by atoms with Crippen LogP contribution in [0.2, 0.25) is 0 Å². The van der Waals surface area contributed by atoms with E-state index in [-0.39, 0.29) is 12.1 Å². The summed E-state index contributed by atoms with van der Waals surface area (Å²) in [6.45, 7) is 0. The number of hydrogen-bond donors (Lipinski definition) is 4. The van der Waals surface area contributed by atoms with Gasteiger partial charge in [-0.15, -0.1) is 0 Å². The van der Waals surface area contributed by atoms with E-state index >= 15 is 0 Å². The molecule has 9 nitrogen and oxygen atoms in total. The molecular weight excluding hydrogens is 317 g/mol. The van der Waals surface area contributed by atoms with Crippen molar-refractivity contribution in [2.75, 3.05) is 0 Å². The Labute approximate surface area is 112 Å². The molecule has 0 aromatic heterocycles. The van der Waals surface area contributed by atoms with Gasteiger partial charge in [0.05, 0.1) is 0 Å². The average Bonchev–Trinajstić information content (AvgIpc) is 2.68. The molecule has 4 N–H and O–H groups in total. The lowest BCUT2D eigenvalue weighted by molar-refractivity contribution is 0.101. The topological polar surface area (TPSA) is 126 Å². The minimum atomic E-state index is -4.71. The summed E-state index contributed by atoms with van der Waals surface area (Å²) in [6, 6.07) is 0.329. The van der Waals surface area contributed by atoms with Crippen molar-refractivity contribution in [1.82, 2.24) is 10.6 Å². The molecule has 0 aromatic carbocycles. The highest BCUT2D eigenvalue weighted by Crippen LogP contribution is 2.61. The van der Waals surface area contributed by atoms with Crippen LogP contribution in [-0.4, -0.2) is 28.2 Å². The van der Waals surface area contributed by atoms with Crippen LogP contribution >= 0.6 is 25.1 Å². The van der Waals surface area contributed by atoms with Crippen molar-refractivity contribution in [3.05, 3.63) is 0 Å². The van der Waals surface area contributed by atoms with Crippen LogP contribution in [0.4, 0.5) is 0 Å². The van der Waals surface area contributed by atoms with E-state index in [4.69, 9.17) is 9.42 Å². The molecule has 2 fully saturated rings. The van der Waals surface area contributed by atoms with Gasteiger partial charge in [0, 0.05) is 21.6 Å². The summed E-state index contributed by atoms with van der Waals surface area (Å²) in [5.41, 5.74) is 0. The summed E-state index contributed by atoms with van der Waals surface area (Å²) in [5.74, 6) is 0. The fourth-order valence-corrected chi connectivity index (χ4v) is 4.42. The summed E-state index contributed by atoms with van der Waals surface area (Å²) >= 11 is 0. The van der Waals surface area contributed by atoms with Gasteiger partial charge in [0.2, 0.25) is 0 Å². The SMILES string of the molecule is O=P(O)(OP)OP(=O)(O)OC1N[C@@H]2CCCC[C@H]2N1. The summed E-state index contributed by atoms with van der Waals surface area (Å²) in [4.78, 5) is 18.4. The van der Waals surface area contributed by atoms with E-state index in [1.165, 1.54) is 9.47 Å². The molecule has 5 atom stereocenters. The zero-order chi connectivity index (χ0) is 14.1. The van der Waals surface area contributed by atoms with Gasteiger partial charge in [-0.3, -0.25) is 19.5 Å². The first kappa shape index (κ1) is 16.0. The third kappa shape index (κ3) is 4.55. The van der Waals surface area contributed by atoms with Gasteiger partial charge in [0.25, 0.3) is 0 Å². The second-order valence-corrected chi connectivity index (χ2v) is 8.02. The van der Waals surface area contributed by atoms with Crippen LogP contribution in [0.5, 0.6) is 0 Å². The van der Waals surface area contributed by atoms with E-state index in [0.29, 0.717) is 0 Å². The molecule has 1 saturated carbocycles. The van der Waals surface area contributed by atoms with Crippen molar-refractivity contribution < 1.29 is 32.1 Å². The Hall–Kier alpha value is 0.610. The lowest BCUT2D eigenvalue weighted by Gasteiger charge is -2.23. The molecule has 2 rings (SSSR count). The van der Waals surface area contributed by atoms with E-state index in [2.05, 4.69) is 19.3 Å². The van der Waals surface area contributed by atoms with E-state index in [1.54, 1.807) is 0 Å². The quantitative estimate of drug-likeness (QED) is 0.540. The molecule has 12 heteroatoms. The molecule has 1 saturated heterocycles. The van der Waals surface area contributed by atoms with Crippen LogP contribution in [0, 0.1) is 0 Å². The maximum atomic E-state index is 11.6. The van der Waals surface area contributed by atoms with E-state index in [1.807, 2.05) is 0 Å². The largest absolute Gasteiger partial charge is 0.483 e. The molecule has 0 radical (unpaired) electrons. The number of phosphoric ester groups is 1. The zero-order valence-corrected chi connectivity index (χ0v) is 12.9. The first-order chi connectivity index (χ1) is 8.81. The Bertz CT molecular complexity index is 407. The summed E-state index contributed by atoms with van der Waals surface area (Å²) in [7, 11) is -7.84. The van der Waals surface area contributed by atoms with Crippen LogP contribution in [-0.2, 0) is 22.3 Å². The third-order valence-electron chi connectivity index (χ3n) is 3.08. The van der Waals surface area contributed by atoms with Crippen LogP contribution in [0.25, 0.3) is 0 Å².